The number of alkyl halides is 1. The standard InChI is InChI=1S/C10H14BrNO5/c1-7(14)17-3-2-8(5-11)4-9(10(15)16)12-6-13/h4,6,9H,2-3,5H2,1H3,(H,12,13)(H,15,16)/b8-4-. The van der Waals surface area contributed by atoms with Crippen LogP contribution in [0.2, 0.25) is 0 Å². The molecule has 0 rings (SSSR count). The van der Waals surface area contributed by atoms with Gasteiger partial charge in [-0.2, -0.15) is 0 Å². The molecule has 96 valence electrons. The molecule has 0 aromatic heterocycles. The van der Waals surface area contributed by atoms with E-state index in [1.165, 1.54) is 13.0 Å². The van der Waals surface area contributed by atoms with Crippen molar-refractivity contribution >= 4 is 34.3 Å². The van der Waals surface area contributed by atoms with Crippen molar-refractivity contribution in [2.45, 2.75) is 19.4 Å². The number of carbonyl (C=O) groups is 3. The predicted molar refractivity (Wildman–Crippen MR) is 63.8 cm³/mol. The summed E-state index contributed by atoms with van der Waals surface area (Å²) in [6.07, 6.45) is 2.15. The van der Waals surface area contributed by atoms with Gasteiger partial charge in [0.1, 0.15) is 6.04 Å². The van der Waals surface area contributed by atoms with E-state index in [1.807, 2.05) is 0 Å². The van der Waals surface area contributed by atoms with Gasteiger partial charge in [-0.25, -0.2) is 4.79 Å². The second kappa shape index (κ2) is 8.74. The minimum absolute atomic E-state index is 0.181. The topological polar surface area (TPSA) is 92.7 Å². The van der Waals surface area contributed by atoms with Crippen molar-refractivity contribution in [3.05, 3.63) is 11.6 Å². The molecule has 0 saturated carbocycles. The number of aliphatic carboxylic acids is 1. The van der Waals surface area contributed by atoms with Crippen LogP contribution in [-0.2, 0) is 19.1 Å². The van der Waals surface area contributed by atoms with E-state index in [-0.39, 0.29) is 12.6 Å². The van der Waals surface area contributed by atoms with Crippen molar-refractivity contribution in [3.8, 4) is 0 Å². The van der Waals surface area contributed by atoms with Gasteiger partial charge in [0.25, 0.3) is 0 Å². The average molecular weight is 308 g/mol. The zero-order valence-electron chi connectivity index (χ0n) is 9.31. The highest BCUT2D eigenvalue weighted by Gasteiger charge is 2.13. The van der Waals surface area contributed by atoms with Crippen LogP contribution in [0.5, 0.6) is 0 Å². The van der Waals surface area contributed by atoms with Gasteiger partial charge >= 0.3 is 11.9 Å². The lowest BCUT2D eigenvalue weighted by atomic mass is 10.1. The van der Waals surface area contributed by atoms with Gasteiger partial charge in [-0.05, 0) is 0 Å². The fraction of sp³-hybridized carbons (Fsp3) is 0.500. The SMILES string of the molecule is CC(=O)OCC/C(=C/C(NC=O)C(=O)O)CBr. The highest BCUT2D eigenvalue weighted by atomic mass is 79.9. The van der Waals surface area contributed by atoms with Crippen LogP contribution in [0.3, 0.4) is 0 Å². The van der Waals surface area contributed by atoms with Gasteiger partial charge in [-0.15, -0.1) is 0 Å². The number of amides is 1. The Hall–Kier alpha value is -1.37. The minimum Gasteiger partial charge on any atom is -0.479 e. The summed E-state index contributed by atoms with van der Waals surface area (Å²) in [6.45, 7) is 1.48. The fourth-order valence-electron chi connectivity index (χ4n) is 1.02. The number of hydrogen-bond acceptors (Lipinski definition) is 4. The summed E-state index contributed by atoms with van der Waals surface area (Å²) in [5.41, 5.74) is 0.730. The first kappa shape index (κ1) is 15.6. The molecule has 0 fully saturated rings. The number of hydrogen-bond donors (Lipinski definition) is 2. The largest absolute Gasteiger partial charge is 0.479 e. The van der Waals surface area contributed by atoms with Gasteiger partial charge in [0.2, 0.25) is 6.41 Å². The maximum Gasteiger partial charge on any atom is 0.330 e. The average Bonchev–Trinajstić information content (AvgIpc) is 2.25. The van der Waals surface area contributed by atoms with Crippen molar-refractivity contribution in [2.24, 2.45) is 0 Å². The molecule has 0 aromatic carbocycles. The van der Waals surface area contributed by atoms with Crippen LogP contribution in [0.25, 0.3) is 0 Å². The lowest BCUT2D eigenvalue weighted by molar-refractivity contribution is -0.141. The van der Waals surface area contributed by atoms with E-state index >= 15 is 0 Å². The summed E-state index contributed by atoms with van der Waals surface area (Å²) in [7, 11) is 0. The number of halogens is 1. The Balaban J connectivity index is 4.42. The van der Waals surface area contributed by atoms with Gasteiger partial charge in [-0.3, -0.25) is 9.59 Å². The Morgan fingerprint density at radius 1 is 1.53 bits per heavy atom. The van der Waals surface area contributed by atoms with Crippen LogP contribution >= 0.6 is 15.9 Å². The Bertz CT molecular complexity index is 316. The van der Waals surface area contributed by atoms with Gasteiger partial charge in [0.15, 0.2) is 0 Å². The van der Waals surface area contributed by atoms with Crippen molar-refractivity contribution in [1.29, 1.82) is 0 Å². The van der Waals surface area contributed by atoms with E-state index in [0.29, 0.717) is 18.2 Å². The quantitative estimate of drug-likeness (QED) is 0.294. The Kier molecular flexibility index (Phi) is 8.04. The number of rotatable bonds is 8. The van der Waals surface area contributed by atoms with E-state index in [9.17, 15) is 14.4 Å². The number of nitrogens with one attached hydrogen (secondary N) is 1. The molecule has 0 aliphatic heterocycles. The van der Waals surface area contributed by atoms with Crippen molar-refractivity contribution in [1.82, 2.24) is 5.32 Å². The van der Waals surface area contributed by atoms with E-state index < -0.39 is 12.0 Å². The van der Waals surface area contributed by atoms with E-state index in [4.69, 9.17) is 9.84 Å². The van der Waals surface area contributed by atoms with Crippen LogP contribution in [0.15, 0.2) is 11.6 Å². The number of ether oxygens (including phenoxy) is 1. The number of carboxylic acids is 1. The summed E-state index contributed by atoms with van der Waals surface area (Å²) >= 11 is 3.19. The van der Waals surface area contributed by atoms with Gasteiger partial charge < -0.3 is 15.2 Å². The van der Waals surface area contributed by atoms with Crippen LogP contribution in [0.4, 0.5) is 0 Å². The first-order chi connectivity index (χ1) is 8.01. The van der Waals surface area contributed by atoms with Crippen molar-refractivity contribution in [3.63, 3.8) is 0 Å². The van der Waals surface area contributed by atoms with Gasteiger partial charge in [0.05, 0.1) is 6.61 Å². The molecule has 0 radical (unpaired) electrons. The molecular weight excluding hydrogens is 294 g/mol. The first-order valence-corrected chi connectivity index (χ1v) is 5.94. The van der Waals surface area contributed by atoms with Crippen LogP contribution in [0, 0.1) is 0 Å². The smallest absolute Gasteiger partial charge is 0.330 e. The monoisotopic (exact) mass is 307 g/mol. The molecule has 0 aliphatic rings. The molecule has 0 aliphatic carbocycles. The van der Waals surface area contributed by atoms with Gasteiger partial charge in [0, 0.05) is 18.7 Å². The first-order valence-electron chi connectivity index (χ1n) is 4.82. The Morgan fingerprint density at radius 2 is 2.18 bits per heavy atom. The maximum absolute atomic E-state index is 10.8. The van der Waals surface area contributed by atoms with Crippen molar-refractivity contribution in [2.75, 3.05) is 11.9 Å². The number of carboxylic acid groups (broad SMARTS) is 1. The lowest BCUT2D eigenvalue weighted by Crippen LogP contribution is -2.34. The normalized spacial score (nSPS) is 12.7. The molecule has 0 spiro atoms. The van der Waals surface area contributed by atoms with Crippen LogP contribution < -0.4 is 5.32 Å². The van der Waals surface area contributed by atoms with Crippen LogP contribution in [-0.4, -0.2) is 41.4 Å². The van der Waals surface area contributed by atoms with Crippen LogP contribution in [0.1, 0.15) is 13.3 Å². The predicted octanol–water partition coefficient (Wildman–Crippen LogP) is 0.460. The maximum atomic E-state index is 10.8. The van der Waals surface area contributed by atoms with Crippen molar-refractivity contribution < 1.29 is 24.2 Å². The number of esters is 1. The molecule has 1 amide bonds. The fourth-order valence-corrected chi connectivity index (χ4v) is 1.49. The lowest BCUT2D eigenvalue weighted by Gasteiger charge is -2.09. The third-order valence-electron chi connectivity index (χ3n) is 1.82. The summed E-state index contributed by atoms with van der Waals surface area (Å²) in [6, 6.07) is -1.07. The van der Waals surface area contributed by atoms with E-state index in [0.717, 1.165) is 5.57 Å². The van der Waals surface area contributed by atoms with E-state index in [2.05, 4.69) is 21.2 Å². The zero-order chi connectivity index (χ0) is 13.3. The third kappa shape index (κ3) is 7.51. The molecule has 2 N–H and O–H groups in total. The second-order valence-corrected chi connectivity index (χ2v) is 3.71. The number of carbonyl (C=O) groups excluding carboxylic acids is 2. The summed E-state index contributed by atoms with van der Waals surface area (Å²) in [5, 5.41) is 11.4. The van der Waals surface area contributed by atoms with E-state index in [1.54, 1.807) is 0 Å². The summed E-state index contributed by atoms with van der Waals surface area (Å²) < 4.78 is 4.74. The molecule has 0 aromatic rings. The summed E-state index contributed by atoms with van der Waals surface area (Å²) in [4.78, 5) is 31.5. The zero-order valence-corrected chi connectivity index (χ0v) is 10.9. The molecule has 1 unspecified atom stereocenters. The second-order valence-electron chi connectivity index (χ2n) is 3.15. The molecule has 6 nitrogen and oxygen atoms in total. The molecular formula is C10H14BrNO5. The Morgan fingerprint density at radius 3 is 2.59 bits per heavy atom. The molecule has 0 saturated heterocycles. The van der Waals surface area contributed by atoms with Gasteiger partial charge in [-0.1, -0.05) is 27.6 Å². The highest BCUT2D eigenvalue weighted by Crippen LogP contribution is 2.07. The summed E-state index contributed by atoms with van der Waals surface area (Å²) in [5.74, 6) is -1.54. The third-order valence-corrected chi connectivity index (χ3v) is 2.54. The highest BCUT2D eigenvalue weighted by molar-refractivity contribution is 9.09. The molecule has 17 heavy (non-hydrogen) atoms. The minimum atomic E-state index is -1.15. The molecule has 1 atom stereocenters. The molecule has 0 heterocycles. The molecule has 0 bridgehead atoms. The molecule has 7 heteroatoms. The Labute approximate surface area is 107 Å².